The molecule has 2 amide bonds. The number of anilines is 1. The van der Waals surface area contributed by atoms with Crippen molar-refractivity contribution in [3.8, 4) is 5.75 Å². The maximum Gasteiger partial charge on any atom is 0.387 e. The van der Waals surface area contributed by atoms with Gasteiger partial charge in [0.25, 0.3) is 0 Å². The Hall–Kier alpha value is -3.26. The summed E-state index contributed by atoms with van der Waals surface area (Å²) in [6, 6.07) is 11.0. The second kappa shape index (κ2) is 9.79. The summed E-state index contributed by atoms with van der Waals surface area (Å²) < 4.78 is 29.0. The van der Waals surface area contributed by atoms with E-state index >= 15 is 0 Å². The second-order valence-electron chi connectivity index (χ2n) is 6.03. The predicted octanol–water partition coefficient (Wildman–Crippen LogP) is 4.97. The van der Waals surface area contributed by atoms with Crippen LogP contribution in [-0.2, 0) is 13.1 Å². The molecule has 150 valence electrons. The van der Waals surface area contributed by atoms with Crippen molar-refractivity contribution in [2.24, 2.45) is 0 Å². The van der Waals surface area contributed by atoms with Crippen molar-refractivity contribution in [2.45, 2.75) is 19.7 Å². The molecule has 29 heavy (non-hydrogen) atoms. The Bertz CT molecular complexity index is 904. The van der Waals surface area contributed by atoms with Gasteiger partial charge in [0, 0.05) is 43.6 Å². The summed E-state index contributed by atoms with van der Waals surface area (Å²) in [5.41, 5.74) is 2.11. The molecule has 6 nitrogen and oxygen atoms in total. The van der Waals surface area contributed by atoms with E-state index in [1.807, 2.05) is 18.2 Å². The maximum atomic E-state index is 12.9. The van der Waals surface area contributed by atoms with Gasteiger partial charge in [-0.25, -0.2) is 4.79 Å². The Balaban J connectivity index is 1.76. The lowest BCUT2D eigenvalue weighted by Gasteiger charge is -2.23. The molecule has 0 atom stereocenters. The van der Waals surface area contributed by atoms with E-state index in [4.69, 9.17) is 11.6 Å². The van der Waals surface area contributed by atoms with Gasteiger partial charge in [-0.3, -0.25) is 9.97 Å². The number of hydrogen-bond donors (Lipinski definition) is 1. The van der Waals surface area contributed by atoms with E-state index in [-0.39, 0.29) is 16.8 Å². The summed E-state index contributed by atoms with van der Waals surface area (Å²) in [7, 11) is 0. The number of aromatic nitrogens is 2. The van der Waals surface area contributed by atoms with Crippen molar-refractivity contribution >= 4 is 23.3 Å². The highest BCUT2D eigenvalue weighted by atomic mass is 35.5. The van der Waals surface area contributed by atoms with Crippen molar-refractivity contribution in [3.63, 3.8) is 0 Å². The molecule has 3 rings (SSSR count). The maximum absolute atomic E-state index is 12.9. The van der Waals surface area contributed by atoms with Gasteiger partial charge in [-0.2, -0.15) is 8.78 Å². The zero-order valence-corrected chi connectivity index (χ0v) is 15.9. The molecule has 9 heteroatoms. The van der Waals surface area contributed by atoms with Crippen LogP contribution in [0.2, 0.25) is 5.02 Å². The molecule has 1 aromatic carbocycles. The van der Waals surface area contributed by atoms with Gasteiger partial charge in [-0.15, -0.1) is 0 Å². The number of hydrogen-bond acceptors (Lipinski definition) is 4. The molecule has 0 fully saturated rings. The molecule has 0 spiro atoms. The minimum absolute atomic E-state index is 0.0314. The van der Waals surface area contributed by atoms with Crippen molar-refractivity contribution < 1.29 is 18.3 Å². The second-order valence-corrected chi connectivity index (χ2v) is 6.43. The number of benzene rings is 1. The van der Waals surface area contributed by atoms with Crippen LogP contribution in [-0.4, -0.2) is 27.5 Å². The van der Waals surface area contributed by atoms with Crippen molar-refractivity contribution in [1.82, 2.24) is 14.9 Å². The summed E-state index contributed by atoms with van der Waals surface area (Å²) in [6.45, 7) is -2.32. The number of nitrogens with zero attached hydrogens (tertiary/aromatic N) is 3. The average molecular weight is 419 g/mol. The highest BCUT2D eigenvalue weighted by molar-refractivity contribution is 6.32. The van der Waals surface area contributed by atoms with Crippen molar-refractivity contribution in [2.75, 3.05) is 5.32 Å². The largest absolute Gasteiger partial charge is 0.433 e. The number of carbonyl (C=O) groups excluding carboxylic acids is 1. The third-order valence-electron chi connectivity index (χ3n) is 3.91. The summed E-state index contributed by atoms with van der Waals surface area (Å²) in [6.07, 6.45) is 6.63. The molecule has 0 aliphatic carbocycles. The van der Waals surface area contributed by atoms with Gasteiger partial charge in [0.15, 0.2) is 0 Å². The van der Waals surface area contributed by atoms with Gasteiger partial charge in [-0.05, 0) is 47.5 Å². The zero-order valence-electron chi connectivity index (χ0n) is 15.1. The standard InChI is InChI=1S/C20H17ClF2N4O2/c21-17-10-16(3-4-18(17)29-19(22)23)26-20(28)27(12-14-5-8-24-9-6-14)13-15-2-1-7-25-11-15/h1-11,19H,12-13H2,(H,26,28). The topological polar surface area (TPSA) is 67.3 Å². The first-order valence-electron chi connectivity index (χ1n) is 8.59. The molecule has 0 saturated carbocycles. The van der Waals surface area contributed by atoms with Crippen LogP contribution in [0.25, 0.3) is 0 Å². The highest BCUT2D eigenvalue weighted by Gasteiger charge is 2.16. The fraction of sp³-hybridized carbons (Fsp3) is 0.150. The van der Waals surface area contributed by atoms with Crippen molar-refractivity contribution in [3.05, 3.63) is 83.4 Å². The van der Waals surface area contributed by atoms with E-state index in [1.54, 1.807) is 35.8 Å². The molecule has 0 bridgehead atoms. The summed E-state index contributed by atoms with van der Waals surface area (Å²) >= 11 is 5.96. The van der Waals surface area contributed by atoms with Crippen LogP contribution in [0, 0.1) is 0 Å². The van der Waals surface area contributed by atoms with Crippen LogP contribution in [0.5, 0.6) is 5.75 Å². The molecule has 2 heterocycles. The zero-order chi connectivity index (χ0) is 20.6. The van der Waals surface area contributed by atoms with Gasteiger partial charge >= 0.3 is 12.6 Å². The first-order chi connectivity index (χ1) is 14.0. The Morgan fingerprint density at radius 3 is 2.48 bits per heavy atom. The molecule has 0 saturated heterocycles. The number of nitrogens with one attached hydrogen (secondary N) is 1. The first-order valence-corrected chi connectivity index (χ1v) is 8.97. The van der Waals surface area contributed by atoms with E-state index in [0.717, 1.165) is 11.1 Å². The third kappa shape index (κ3) is 6.11. The summed E-state index contributed by atoms with van der Waals surface area (Å²) in [4.78, 5) is 22.5. The molecule has 0 aliphatic heterocycles. The normalized spacial score (nSPS) is 10.6. The van der Waals surface area contributed by atoms with Gasteiger partial charge < -0.3 is 15.0 Å². The number of amides is 2. The van der Waals surface area contributed by atoms with Crippen LogP contribution in [0.4, 0.5) is 19.3 Å². The van der Waals surface area contributed by atoms with Crippen LogP contribution in [0.1, 0.15) is 11.1 Å². The van der Waals surface area contributed by atoms with Crippen LogP contribution in [0.3, 0.4) is 0 Å². The molecule has 3 aromatic rings. The van der Waals surface area contributed by atoms with E-state index in [9.17, 15) is 13.6 Å². The number of ether oxygens (including phenoxy) is 1. The van der Waals surface area contributed by atoms with Crippen molar-refractivity contribution in [1.29, 1.82) is 0 Å². The number of alkyl halides is 2. The van der Waals surface area contributed by atoms with Crippen LogP contribution >= 0.6 is 11.6 Å². The van der Waals surface area contributed by atoms with Crippen LogP contribution < -0.4 is 10.1 Å². The lowest BCUT2D eigenvalue weighted by molar-refractivity contribution is -0.0497. The monoisotopic (exact) mass is 418 g/mol. The predicted molar refractivity (Wildman–Crippen MR) is 105 cm³/mol. The fourth-order valence-corrected chi connectivity index (χ4v) is 2.82. The SMILES string of the molecule is O=C(Nc1ccc(OC(F)F)c(Cl)c1)N(Cc1ccncc1)Cc1cccnc1. The van der Waals surface area contributed by atoms with E-state index in [0.29, 0.717) is 18.8 Å². The van der Waals surface area contributed by atoms with Gasteiger partial charge in [-0.1, -0.05) is 17.7 Å². The lowest BCUT2D eigenvalue weighted by Crippen LogP contribution is -2.34. The average Bonchev–Trinajstić information content (AvgIpc) is 2.71. The Labute approximate surface area is 171 Å². The number of urea groups is 1. The van der Waals surface area contributed by atoms with Gasteiger partial charge in [0.1, 0.15) is 5.75 Å². The Kier molecular flexibility index (Phi) is 6.91. The molecular weight excluding hydrogens is 402 g/mol. The fourth-order valence-electron chi connectivity index (χ4n) is 2.59. The molecule has 1 N–H and O–H groups in total. The third-order valence-corrected chi connectivity index (χ3v) is 4.20. The minimum atomic E-state index is -2.98. The van der Waals surface area contributed by atoms with E-state index in [2.05, 4.69) is 20.0 Å². The number of rotatable bonds is 7. The smallest absolute Gasteiger partial charge is 0.387 e. The van der Waals surface area contributed by atoms with Crippen LogP contribution in [0.15, 0.2) is 67.3 Å². The molecular formula is C20H17ClF2N4O2. The van der Waals surface area contributed by atoms with Gasteiger partial charge in [0.2, 0.25) is 0 Å². The Morgan fingerprint density at radius 1 is 1.07 bits per heavy atom. The minimum Gasteiger partial charge on any atom is -0.433 e. The lowest BCUT2D eigenvalue weighted by atomic mass is 10.2. The number of pyridine rings is 2. The highest BCUT2D eigenvalue weighted by Crippen LogP contribution is 2.29. The molecule has 0 radical (unpaired) electrons. The number of carbonyl (C=O) groups is 1. The number of halogens is 3. The van der Waals surface area contributed by atoms with E-state index in [1.165, 1.54) is 18.2 Å². The quantitative estimate of drug-likeness (QED) is 0.588. The Morgan fingerprint density at radius 2 is 1.83 bits per heavy atom. The summed E-state index contributed by atoms with van der Waals surface area (Å²) in [5, 5.41) is 2.70. The molecule has 2 aromatic heterocycles. The van der Waals surface area contributed by atoms with Gasteiger partial charge in [0.05, 0.1) is 5.02 Å². The first kappa shape index (κ1) is 20.5. The molecule has 0 unspecified atom stereocenters. The molecule has 0 aliphatic rings. The summed E-state index contributed by atoms with van der Waals surface area (Å²) in [5.74, 6) is -0.163. The van der Waals surface area contributed by atoms with E-state index < -0.39 is 6.61 Å².